The second kappa shape index (κ2) is 3.45. The van der Waals surface area contributed by atoms with Gasteiger partial charge in [-0.3, -0.25) is 0 Å². The number of hydrogen-bond donors (Lipinski definition) is 1. The summed E-state index contributed by atoms with van der Waals surface area (Å²) in [6.07, 6.45) is 0. The van der Waals surface area contributed by atoms with E-state index in [9.17, 15) is 4.39 Å². The predicted molar refractivity (Wildman–Crippen MR) is 53.6 cm³/mol. The first kappa shape index (κ1) is 10.8. The van der Waals surface area contributed by atoms with Crippen LogP contribution in [0.15, 0.2) is 12.1 Å². The Bertz CT molecular complexity index is 331. The monoisotopic (exact) mass is 221 g/mol. The molecule has 0 saturated carbocycles. The number of benzene rings is 1. The number of rotatable bonds is 1. The van der Waals surface area contributed by atoms with Crippen LogP contribution in [0.2, 0.25) is 10.0 Å². The first-order valence-electron chi connectivity index (χ1n) is 3.76. The summed E-state index contributed by atoms with van der Waals surface area (Å²) < 4.78 is 12.9. The molecule has 0 bridgehead atoms. The van der Waals surface area contributed by atoms with Crippen molar-refractivity contribution < 1.29 is 4.39 Å². The maximum absolute atomic E-state index is 12.9. The van der Waals surface area contributed by atoms with E-state index in [2.05, 4.69) is 0 Å². The third-order valence-corrected chi connectivity index (χ3v) is 2.31. The Morgan fingerprint density at radius 1 is 1.23 bits per heavy atom. The molecule has 0 aliphatic heterocycles. The standard InChI is InChI=1S/C9H10Cl2FN/c1-9(2,13)5-3-7(11)8(12)4-6(5)10/h3-4H,13H2,1-2H3. The van der Waals surface area contributed by atoms with Gasteiger partial charge < -0.3 is 5.73 Å². The van der Waals surface area contributed by atoms with Crippen molar-refractivity contribution in [1.82, 2.24) is 0 Å². The molecule has 0 aliphatic carbocycles. The first-order valence-corrected chi connectivity index (χ1v) is 4.52. The van der Waals surface area contributed by atoms with Crippen LogP contribution in [0, 0.1) is 5.82 Å². The molecule has 1 nitrogen and oxygen atoms in total. The van der Waals surface area contributed by atoms with Gasteiger partial charge in [0, 0.05) is 10.6 Å². The highest BCUT2D eigenvalue weighted by Crippen LogP contribution is 2.30. The van der Waals surface area contributed by atoms with Gasteiger partial charge >= 0.3 is 0 Å². The Labute approximate surface area is 86.6 Å². The normalized spacial score (nSPS) is 11.8. The molecule has 0 atom stereocenters. The van der Waals surface area contributed by atoms with E-state index in [1.54, 1.807) is 13.8 Å². The van der Waals surface area contributed by atoms with Crippen molar-refractivity contribution in [3.63, 3.8) is 0 Å². The van der Waals surface area contributed by atoms with E-state index in [0.717, 1.165) is 0 Å². The first-order chi connectivity index (χ1) is 5.82. The lowest BCUT2D eigenvalue weighted by atomic mass is 9.96. The second-order valence-corrected chi connectivity index (χ2v) is 4.28. The molecule has 1 aromatic rings. The summed E-state index contributed by atoms with van der Waals surface area (Å²) in [5.74, 6) is -0.528. The van der Waals surface area contributed by atoms with E-state index < -0.39 is 11.4 Å². The summed E-state index contributed by atoms with van der Waals surface area (Å²) >= 11 is 11.4. The molecule has 2 N–H and O–H groups in total. The van der Waals surface area contributed by atoms with Gasteiger partial charge in [0.05, 0.1) is 5.02 Å². The highest BCUT2D eigenvalue weighted by molar-refractivity contribution is 6.33. The Morgan fingerprint density at radius 3 is 2.23 bits per heavy atom. The third kappa shape index (κ3) is 2.33. The van der Waals surface area contributed by atoms with E-state index in [0.29, 0.717) is 10.6 Å². The molecular weight excluding hydrogens is 212 g/mol. The van der Waals surface area contributed by atoms with E-state index in [1.807, 2.05) is 0 Å². The Morgan fingerprint density at radius 2 is 1.77 bits per heavy atom. The average Bonchev–Trinajstić information content (AvgIpc) is 1.94. The Balaban J connectivity index is 3.32. The minimum Gasteiger partial charge on any atom is -0.322 e. The van der Waals surface area contributed by atoms with Crippen molar-refractivity contribution in [1.29, 1.82) is 0 Å². The molecule has 1 rings (SSSR count). The van der Waals surface area contributed by atoms with Crippen LogP contribution in [-0.2, 0) is 5.54 Å². The van der Waals surface area contributed by atoms with Crippen LogP contribution >= 0.6 is 23.2 Å². The summed E-state index contributed by atoms with van der Waals surface area (Å²) in [6.45, 7) is 3.56. The maximum atomic E-state index is 12.9. The van der Waals surface area contributed by atoms with Crippen LogP contribution in [0.4, 0.5) is 4.39 Å². The summed E-state index contributed by atoms with van der Waals surface area (Å²) in [5, 5.41) is 0.340. The SMILES string of the molecule is CC(C)(N)c1cc(Cl)c(F)cc1Cl. The molecule has 1 aromatic carbocycles. The van der Waals surface area contributed by atoms with E-state index in [4.69, 9.17) is 28.9 Å². The van der Waals surface area contributed by atoms with Crippen LogP contribution in [0.1, 0.15) is 19.4 Å². The van der Waals surface area contributed by atoms with E-state index in [-0.39, 0.29) is 5.02 Å². The van der Waals surface area contributed by atoms with Crippen molar-refractivity contribution >= 4 is 23.2 Å². The zero-order valence-electron chi connectivity index (χ0n) is 7.37. The lowest BCUT2D eigenvalue weighted by Crippen LogP contribution is -2.29. The van der Waals surface area contributed by atoms with Crippen LogP contribution < -0.4 is 5.73 Å². The molecule has 0 amide bonds. The molecule has 0 saturated heterocycles. The number of nitrogens with two attached hydrogens (primary N) is 1. The molecule has 4 heteroatoms. The van der Waals surface area contributed by atoms with Crippen LogP contribution in [0.5, 0.6) is 0 Å². The molecule has 0 aliphatic rings. The number of halogens is 3. The summed E-state index contributed by atoms with van der Waals surface area (Å²) in [5.41, 5.74) is 5.83. The summed E-state index contributed by atoms with van der Waals surface area (Å²) in [7, 11) is 0. The molecule has 0 unspecified atom stereocenters. The van der Waals surface area contributed by atoms with Gasteiger partial charge in [-0.25, -0.2) is 4.39 Å². The van der Waals surface area contributed by atoms with Gasteiger partial charge in [0.15, 0.2) is 0 Å². The van der Waals surface area contributed by atoms with Gasteiger partial charge in [0.25, 0.3) is 0 Å². The molecule has 0 radical (unpaired) electrons. The third-order valence-electron chi connectivity index (χ3n) is 1.70. The van der Waals surface area contributed by atoms with Gasteiger partial charge in [0.1, 0.15) is 5.82 Å². The Hall–Kier alpha value is -0.310. The molecule has 13 heavy (non-hydrogen) atoms. The quantitative estimate of drug-likeness (QED) is 0.724. The van der Waals surface area contributed by atoms with Gasteiger partial charge in [-0.15, -0.1) is 0 Å². The fourth-order valence-corrected chi connectivity index (χ4v) is 1.57. The molecule has 0 fully saturated rings. The minimum atomic E-state index is -0.617. The van der Waals surface area contributed by atoms with Crippen molar-refractivity contribution in [2.24, 2.45) is 5.73 Å². The molecule has 0 spiro atoms. The van der Waals surface area contributed by atoms with Crippen molar-refractivity contribution in [3.8, 4) is 0 Å². The Kier molecular flexibility index (Phi) is 2.85. The molecule has 0 heterocycles. The van der Waals surface area contributed by atoms with Gasteiger partial charge in [-0.05, 0) is 31.5 Å². The van der Waals surface area contributed by atoms with Gasteiger partial charge in [0.2, 0.25) is 0 Å². The lowest BCUT2D eigenvalue weighted by Gasteiger charge is -2.20. The number of hydrogen-bond acceptors (Lipinski definition) is 1. The predicted octanol–water partition coefficient (Wildman–Crippen LogP) is 3.33. The van der Waals surface area contributed by atoms with Crippen molar-refractivity contribution in [3.05, 3.63) is 33.6 Å². The fourth-order valence-electron chi connectivity index (χ4n) is 1.02. The topological polar surface area (TPSA) is 26.0 Å². The fraction of sp³-hybridized carbons (Fsp3) is 0.333. The van der Waals surface area contributed by atoms with Gasteiger partial charge in [-0.2, -0.15) is 0 Å². The molecule has 72 valence electrons. The second-order valence-electron chi connectivity index (χ2n) is 3.47. The highest BCUT2D eigenvalue weighted by atomic mass is 35.5. The zero-order chi connectivity index (χ0) is 10.2. The molecule has 0 aromatic heterocycles. The highest BCUT2D eigenvalue weighted by Gasteiger charge is 2.19. The maximum Gasteiger partial charge on any atom is 0.143 e. The van der Waals surface area contributed by atoms with Crippen molar-refractivity contribution in [2.45, 2.75) is 19.4 Å². The van der Waals surface area contributed by atoms with Crippen LogP contribution in [-0.4, -0.2) is 0 Å². The largest absolute Gasteiger partial charge is 0.322 e. The summed E-state index contributed by atoms with van der Waals surface area (Å²) in [6, 6.07) is 2.63. The summed E-state index contributed by atoms with van der Waals surface area (Å²) in [4.78, 5) is 0. The minimum absolute atomic E-state index is 0.0397. The van der Waals surface area contributed by atoms with E-state index in [1.165, 1.54) is 12.1 Å². The smallest absolute Gasteiger partial charge is 0.143 e. The lowest BCUT2D eigenvalue weighted by molar-refractivity contribution is 0.551. The zero-order valence-corrected chi connectivity index (χ0v) is 8.88. The van der Waals surface area contributed by atoms with E-state index >= 15 is 0 Å². The van der Waals surface area contributed by atoms with Crippen LogP contribution in [0.3, 0.4) is 0 Å². The molecular formula is C9H10Cl2FN. The van der Waals surface area contributed by atoms with Crippen molar-refractivity contribution in [2.75, 3.05) is 0 Å². The average molecular weight is 222 g/mol. The van der Waals surface area contributed by atoms with Gasteiger partial charge in [-0.1, -0.05) is 23.2 Å². The van der Waals surface area contributed by atoms with Crippen LogP contribution in [0.25, 0.3) is 0 Å².